The molecule has 0 N–H and O–H groups in total. The van der Waals surface area contributed by atoms with Crippen molar-refractivity contribution in [2.24, 2.45) is 23.2 Å². The first-order valence-electron chi connectivity index (χ1n) is 5.37. The Kier molecular flexibility index (Phi) is 1.09. The van der Waals surface area contributed by atoms with Gasteiger partial charge in [-0.25, -0.2) is 0 Å². The van der Waals surface area contributed by atoms with Gasteiger partial charge in [-0.1, -0.05) is 19.8 Å². The summed E-state index contributed by atoms with van der Waals surface area (Å²) in [5.74, 6) is 3.60. The van der Waals surface area contributed by atoms with Gasteiger partial charge in [0.1, 0.15) is 0 Å². The predicted octanol–water partition coefficient (Wildman–Crippen LogP) is 3.22. The average molecular weight is 150 g/mol. The number of rotatable bonds is 2. The standard InChI is InChI=1S/C11H18/c1-2-3-9-7-11(9)6-8-4-5-10(8)11/h8-10H,2-7H2,1H3. The lowest BCUT2D eigenvalue weighted by atomic mass is 9.50. The van der Waals surface area contributed by atoms with Gasteiger partial charge < -0.3 is 0 Å². The molecule has 1 spiro atoms. The van der Waals surface area contributed by atoms with Crippen LogP contribution in [0.5, 0.6) is 0 Å². The van der Waals surface area contributed by atoms with Crippen LogP contribution in [-0.4, -0.2) is 0 Å². The van der Waals surface area contributed by atoms with Crippen LogP contribution in [0.3, 0.4) is 0 Å². The van der Waals surface area contributed by atoms with Crippen LogP contribution in [0.2, 0.25) is 0 Å². The zero-order chi connectivity index (χ0) is 7.47. The normalized spacial score (nSPS) is 58.1. The van der Waals surface area contributed by atoms with Crippen molar-refractivity contribution >= 4 is 0 Å². The Labute approximate surface area is 69.4 Å². The van der Waals surface area contributed by atoms with Gasteiger partial charge in [-0.3, -0.25) is 0 Å². The maximum Gasteiger partial charge on any atom is -0.0232 e. The van der Waals surface area contributed by atoms with Crippen molar-refractivity contribution in [2.75, 3.05) is 0 Å². The van der Waals surface area contributed by atoms with Gasteiger partial charge in [0, 0.05) is 0 Å². The summed E-state index contributed by atoms with van der Waals surface area (Å²) in [6, 6.07) is 0. The molecule has 4 unspecified atom stereocenters. The van der Waals surface area contributed by atoms with Crippen molar-refractivity contribution in [1.29, 1.82) is 0 Å². The second kappa shape index (κ2) is 1.84. The van der Waals surface area contributed by atoms with E-state index >= 15 is 0 Å². The van der Waals surface area contributed by atoms with Crippen LogP contribution in [0.4, 0.5) is 0 Å². The molecule has 3 saturated carbocycles. The molecule has 0 amide bonds. The van der Waals surface area contributed by atoms with Gasteiger partial charge in [-0.05, 0) is 48.9 Å². The molecule has 0 aromatic heterocycles. The third-order valence-electron chi connectivity index (χ3n) is 4.71. The molecule has 3 fully saturated rings. The molecule has 0 radical (unpaired) electrons. The molecular weight excluding hydrogens is 132 g/mol. The van der Waals surface area contributed by atoms with Crippen LogP contribution in [-0.2, 0) is 0 Å². The Morgan fingerprint density at radius 1 is 1.27 bits per heavy atom. The predicted molar refractivity (Wildman–Crippen MR) is 46.3 cm³/mol. The van der Waals surface area contributed by atoms with Crippen LogP contribution < -0.4 is 0 Å². The number of hydrogen-bond donors (Lipinski definition) is 0. The van der Waals surface area contributed by atoms with Gasteiger partial charge in [0.15, 0.2) is 0 Å². The summed E-state index contributed by atoms with van der Waals surface area (Å²) in [5, 5.41) is 0. The minimum Gasteiger partial charge on any atom is -0.0654 e. The van der Waals surface area contributed by atoms with Gasteiger partial charge in [0.05, 0.1) is 0 Å². The smallest absolute Gasteiger partial charge is 0.0232 e. The highest BCUT2D eigenvalue weighted by Crippen LogP contribution is 2.77. The van der Waals surface area contributed by atoms with Crippen molar-refractivity contribution in [1.82, 2.24) is 0 Å². The van der Waals surface area contributed by atoms with E-state index in [0.29, 0.717) is 0 Å². The van der Waals surface area contributed by atoms with E-state index in [1.807, 2.05) is 0 Å². The topological polar surface area (TPSA) is 0 Å². The highest BCUT2D eigenvalue weighted by Gasteiger charge is 2.69. The third-order valence-corrected chi connectivity index (χ3v) is 4.71. The van der Waals surface area contributed by atoms with Gasteiger partial charge in [0.25, 0.3) is 0 Å². The third kappa shape index (κ3) is 0.625. The van der Waals surface area contributed by atoms with Crippen LogP contribution >= 0.6 is 0 Å². The Bertz CT molecular complexity index is 184. The first-order chi connectivity index (χ1) is 5.37. The van der Waals surface area contributed by atoms with Crippen molar-refractivity contribution in [2.45, 2.75) is 45.4 Å². The molecule has 0 heteroatoms. The first-order valence-corrected chi connectivity index (χ1v) is 5.37. The zero-order valence-corrected chi connectivity index (χ0v) is 7.47. The quantitative estimate of drug-likeness (QED) is 0.567. The minimum absolute atomic E-state index is 0.957. The molecule has 0 heterocycles. The number of fused-ring (bicyclic) bond motifs is 2. The first kappa shape index (κ1) is 6.51. The molecule has 3 aliphatic rings. The molecule has 0 bridgehead atoms. The fourth-order valence-electron chi connectivity index (χ4n) is 3.89. The van der Waals surface area contributed by atoms with E-state index in [1.165, 1.54) is 30.6 Å². The Balaban J connectivity index is 1.64. The van der Waals surface area contributed by atoms with Crippen LogP contribution in [0.25, 0.3) is 0 Å². The molecule has 0 aromatic rings. The van der Waals surface area contributed by atoms with Gasteiger partial charge >= 0.3 is 0 Å². The second-order valence-corrected chi connectivity index (χ2v) is 5.07. The molecular formula is C11H18. The molecule has 3 rings (SSSR count). The molecule has 4 atom stereocenters. The highest BCUT2D eigenvalue weighted by atomic mass is 14.7. The summed E-state index contributed by atoms with van der Waals surface area (Å²) in [4.78, 5) is 0. The average Bonchev–Trinajstić information content (AvgIpc) is 2.61. The molecule has 62 valence electrons. The lowest BCUT2D eigenvalue weighted by molar-refractivity contribution is -0.0566. The van der Waals surface area contributed by atoms with E-state index in [0.717, 1.165) is 5.41 Å². The van der Waals surface area contributed by atoms with E-state index in [1.54, 1.807) is 25.7 Å². The van der Waals surface area contributed by atoms with Crippen molar-refractivity contribution in [3.05, 3.63) is 0 Å². The maximum atomic E-state index is 2.34. The molecule has 0 aromatic carbocycles. The highest BCUT2D eigenvalue weighted by molar-refractivity contribution is 5.18. The molecule has 0 saturated heterocycles. The van der Waals surface area contributed by atoms with E-state index in [-0.39, 0.29) is 0 Å². The van der Waals surface area contributed by atoms with Crippen molar-refractivity contribution < 1.29 is 0 Å². The van der Waals surface area contributed by atoms with Gasteiger partial charge in [-0.2, -0.15) is 0 Å². The number of hydrogen-bond acceptors (Lipinski definition) is 0. The summed E-state index contributed by atoms with van der Waals surface area (Å²) < 4.78 is 0. The summed E-state index contributed by atoms with van der Waals surface area (Å²) in [6.45, 7) is 2.34. The van der Waals surface area contributed by atoms with E-state index < -0.39 is 0 Å². The Morgan fingerprint density at radius 3 is 2.64 bits per heavy atom. The molecule has 0 aliphatic heterocycles. The van der Waals surface area contributed by atoms with E-state index in [4.69, 9.17) is 0 Å². The zero-order valence-electron chi connectivity index (χ0n) is 7.47. The second-order valence-electron chi connectivity index (χ2n) is 5.07. The summed E-state index contributed by atoms with van der Waals surface area (Å²) in [7, 11) is 0. The monoisotopic (exact) mass is 150 g/mol. The summed E-state index contributed by atoms with van der Waals surface area (Å²) in [5.41, 5.74) is 0.957. The fourth-order valence-corrected chi connectivity index (χ4v) is 3.89. The lowest BCUT2D eigenvalue weighted by Crippen LogP contribution is -2.47. The minimum atomic E-state index is 0.957. The van der Waals surface area contributed by atoms with Crippen LogP contribution in [0, 0.1) is 23.2 Å². The van der Waals surface area contributed by atoms with Crippen LogP contribution in [0.15, 0.2) is 0 Å². The lowest BCUT2D eigenvalue weighted by Gasteiger charge is -2.55. The van der Waals surface area contributed by atoms with Crippen molar-refractivity contribution in [3.8, 4) is 0 Å². The van der Waals surface area contributed by atoms with E-state index in [2.05, 4.69) is 6.92 Å². The van der Waals surface area contributed by atoms with Crippen molar-refractivity contribution in [3.63, 3.8) is 0 Å². The largest absolute Gasteiger partial charge is 0.0654 e. The van der Waals surface area contributed by atoms with E-state index in [9.17, 15) is 0 Å². The molecule has 3 aliphatic carbocycles. The molecule has 11 heavy (non-hydrogen) atoms. The van der Waals surface area contributed by atoms with Gasteiger partial charge in [0.2, 0.25) is 0 Å². The SMILES string of the molecule is CCCC1CC12CC1CCC12. The summed E-state index contributed by atoms with van der Waals surface area (Å²) >= 11 is 0. The van der Waals surface area contributed by atoms with Crippen LogP contribution in [0.1, 0.15) is 45.4 Å². The summed E-state index contributed by atoms with van der Waals surface area (Å²) in [6.07, 6.45) is 9.35. The van der Waals surface area contributed by atoms with Gasteiger partial charge in [-0.15, -0.1) is 0 Å². The Hall–Kier alpha value is 0. The Morgan fingerprint density at radius 2 is 2.18 bits per heavy atom. The fraction of sp³-hybridized carbons (Fsp3) is 1.00. The maximum absolute atomic E-state index is 2.34. The molecule has 0 nitrogen and oxygen atoms in total.